The summed E-state index contributed by atoms with van der Waals surface area (Å²) in [5.74, 6) is 0.648. The second-order valence-electron chi connectivity index (χ2n) is 3.61. The number of hydrogen-bond acceptors (Lipinski definition) is 2. The molecule has 16 heavy (non-hydrogen) atoms. The number of nitrogens with zero attached hydrogens (tertiary/aromatic N) is 2. The molecule has 1 heterocycles. The summed E-state index contributed by atoms with van der Waals surface area (Å²) in [6.07, 6.45) is 0.696. The standard InChI is InChI=1S/C11H11Cl2N3/c1-16-11(14)6-8(15-16)4-7-2-3-9(12)10(13)5-7/h2-3,5-6H,4,14H2,1H3. The molecule has 0 amide bonds. The number of aryl methyl sites for hydroxylation is 1. The van der Waals surface area contributed by atoms with Crippen LogP contribution in [0.4, 0.5) is 5.82 Å². The first-order valence-electron chi connectivity index (χ1n) is 4.78. The smallest absolute Gasteiger partial charge is 0.121 e. The predicted octanol–water partition coefficient (Wildman–Crippen LogP) is 2.90. The maximum atomic E-state index is 5.93. The van der Waals surface area contributed by atoms with Crippen molar-refractivity contribution in [2.45, 2.75) is 6.42 Å². The van der Waals surface area contributed by atoms with Crippen LogP contribution in [0.1, 0.15) is 11.3 Å². The first kappa shape index (κ1) is 11.3. The molecule has 0 aliphatic heterocycles. The molecule has 0 atom stereocenters. The normalized spacial score (nSPS) is 10.7. The van der Waals surface area contributed by atoms with Crippen molar-refractivity contribution >= 4 is 29.0 Å². The number of halogens is 2. The van der Waals surface area contributed by atoms with Crippen LogP contribution in [-0.4, -0.2) is 9.78 Å². The summed E-state index contributed by atoms with van der Waals surface area (Å²) >= 11 is 11.8. The lowest BCUT2D eigenvalue weighted by Gasteiger charge is -2.00. The van der Waals surface area contributed by atoms with Gasteiger partial charge < -0.3 is 5.73 Å². The molecule has 2 N–H and O–H groups in total. The molecule has 0 spiro atoms. The lowest BCUT2D eigenvalue weighted by Crippen LogP contribution is -1.97. The second-order valence-corrected chi connectivity index (χ2v) is 4.42. The summed E-state index contributed by atoms with van der Waals surface area (Å²) < 4.78 is 1.65. The average Bonchev–Trinajstić information content (AvgIpc) is 2.52. The quantitative estimate of drug-likeness (QED) is 0.897. The van der Waals surface area contributed by atoms with Crippen molar-refractivity contribution in [1.82, 2.24) is 9.78 Å². The fraction of sp³-hybridized carbons (Fsp3) is 0.182. The van der Waals surface area contributed by atoms with Crippen LogP contribution in [-0.2, 0) is 13.5 Å². The van der Waals surface area contributed by atoms with Gasteiger partial charge in [0.15, 0.2) is 0 Å². The van der Waals surface area contributed by atoms with Crippen molar-refractivity contribution in [2.24, 2.45) is 7.05 Å². The third-order valence-electron chi connectivity index (χ3n) is 2.34. The van der Waals surface area contributed by atoms with E-state index in [2.05, 4.69) is 5.10 Å². The Bertz CT molecular complexity index is 500. The third-order valence-corrected chi connectivity index (χ3v) is 3.07. The zero-order chi connectivity index (χ0) is 11.7. The lowest BCUT2D eigenvalue weighted by atomic mass is 10.1. The van der Waals surface area contributed by atoms with Gasteiger partial charge in [-0.2, -0.15) is 5.10 Å². The Balaban J connectivity index is 2.23. The SMILES string of the molecule is Cn1nc(Cc2ccc(Cl)c(Cl)c2)cc1N. The van der Waals surface area contributed by atoms with Gasteiger partial charge in [-0.05, 0) is 17.7 Å². The van der Waals surface area contributed by atoms with Gasteiger partial charge in [0.2, 0.25) is 0 Å². The molecule has 1 aromatic carbocycles. The molecule has 0 radical (unpaired) electrons. The monoisotopic (exact) mass is 255 g/mol. The summed E-state index contributed by atoms with van der Waals surface area (Å²) in [5.41, 5.74) is 7.68. The van der Waals surface area contributed by atoms with Crippen LogP contribution >= 0.6 is 23.2 Å². The van der Waals surface area contributed by atoms with E-state index in [-0.39, 0.29) is 0 Å². The number of anilines is 1. The highest BCUT2D eigenvalue weighted by molar-refractivity contribution is 6.42. The van der Waals surface area contributed by atoms with Crippen LogP contribution in [0, 0.1) is 0 Å². The van der Waals surface area contributed by atoms with Crippen molar-refractivity contribution in [1.29, 1.82) is 0 Å². The molecule has 0 fully saturated rings. The van der Waals surface area contributed by atoms with Crippen LogP contribution in [0.2, 0.25) is 10.0 Å². The first-order chi connectivity index (χ1) is 7.56. The number of benzene rings is 1. The highest BCUT2D eigenvalue weighted by Gasteiger charge is 2.05. The fourth-order valence-electron chi connectivity index (χ4n) is 1.49. The topological polar surface area (TPSA) is 43.8 Å². The van der Waals surface area contributed by atoms with Gasteiger partial charge in [0.05, 0.1) is 15.7 Å². The minimum absolute atomic E-state index is 0.558. The molecule has 2 rings (SSSR count). The Morgan fingerprint density at radius 3 is 2.56 bits per heavy atom. The minimum Gasteiger partial charge on any atom is -0.384 e. The van der Waals surface area contributed by atoms with E-state index in [0.717, 1.165) is 11.3 Å². The maximum Gasteiger partial charge on any atom is 0.121 e. The Morgan fingerprint density at radius 1 is 1.25 bits per heavy atom. The van der Waals surface area contributed by atoms with Crippen LogP contribution in [0.3, 0.4) is 0 Å². The molecular weight excluding hydrogens is 245 g/mol. The van der Waals surface area contributed by atoms with E-state index in [0.29, 0.717) is 22.3 Å². The molecule has 0 unspecified atom stereocenters. The van der Waals surface area contributed by atoms with E-state index >= 15 is 0 Å². The van der Waals surface area contributed by atoms with Crippen LogP contribution in [0.25, 0.3) is 0 Å². The average molecular weight is 256 g/mol. The molecule has 0 bridgehead atoms. The van der Waals surface area contributed by atoms with Gasteiger partial charge in [-0.3, -0.25) is 4.68 Å². The Labute approximate surface area is 104 Å². The van der Waals surface area contributed by atoms with Crippen molar-refractivity contribution in [2.75, 3.05) is 5.73 Å². The summed E-state index contributed by atoms with van der Waals surface area (Å²) in [7, 11) is 1.81. The van der Waals surface area contributed by atoms with E-state index in [1.54, 1.807) is 10.7 Å². The number of nitrogen functional groups attached to an aromatic ring is 1. The molecule has 5 heteroatoms. The van der Waals surface area contributed by atoms with E-state index in [4.69, 9.17) is 28.9 Å². The lowest BCUT2D eigenvalue weighted by molar-refractivity contribution is 0.759. The summed E-state index contributed by atoms with van der Waals surface area (Å²) in [5, 5.41) is 5.39. The molecule has 0 saturated carbocycles. The van der Waals surface area contributed by atoms with Gasteiger partial charge in [0.1, 0.15) is 5.82 Å². The number of hydrogen-bond donors (Lipinski definition) is 1. The van der Waals surface area contributed by atoms with E-state index < -0.39 is 0 Å². The molecule has 0 saturated heterocycles. The number of rotatable bonds is 2. The highest BCUT2D eigenvalue weighted by Crippen LogP contribution is 2.23. The van der Waals surface area contributed by atoms with Gasteiger partial charge >= 0.3 is 0 Å². The molecule has 2 aromatic rings. The molecule has 1 aromatic heterocycles. The van der Waals surface area contributed by atoms with Crippen molar-refractivity contribution in [3.05, 3.63) is 45.6 Å². The predicted molar refractivity (Wildman–Crippen MR) is 66.9 cm³/mol. The molecule has 3 nitrogen and oxygen atoms in total. The van der Waals surface area contributed by atoms with Crippen molar-refractivity contribution in [3.8, 4) is 0 Å². The number of nitrogens with two attached hydrogens (primary N) is 1. The van der Waals surface area contributed by atoms with Gasteiger partial charge in [-0.1, -0.05) is 29.3 Å². The van der Waals surface area contributed by atoms with Gasteiger partial charge in [-0.25, -0.2) is 0 Å². The Morgan fingerprint density at radius 2 is 2.00 bits per heavy atom. The van der Waals surface area contributed by atoms with Crippen molar-refractivity contribution in [3.63, 3.8) is 0 Å². The van der Waals surface area contributed by atoms with Gasteiger partial charge in [0.25, 0.3) is 0 Å². The third kappa shape index (κ3) is 2.31. The van der Waals surface area contributed by atoms with Gasteiger partial charge in [0, 0.05) is 19.5 Å². The van der Waals surface area contributed by atoms with Crippen LogP contribution in [0.5, 0.6) is 0 Å². The summed E-state index contributed by atoms with van der Waals surface area (Å²) in [6.45, 7) is 0. The maximum absolute atomic E-state index is 5.93. The van der Waals surface area contributed by atoms with Crippen LogP contribution < -0.4 is 5.73 Å². The fourth-order valence-corrected chi connectivity index (χ4v) is 1.81. The van der Waals surface area contributed by atoms with E-state index in [1.165, 1.54) is 0 Å². The summed E-state index contributed by atoms with van der Waals surface area (Å²) in [4.78, 5) is 0. The zero-order valence-corrected chi connectivity index (χ0v) is 10.3. The highest BCUT2D eigenvalue weighted by atomic mass is 35.5. The Kier molecular flexibility index (Phi) is 3.08. The Hall–Kier alpha value is -1.19. The summed E-state index contributed by atoms with van der Waals surface area (Å²) in [6, 6.07) is 7.40. The van der Waals surface area contributed by atoms with E-state index in [1.807, 2.05) is 25.2 Å². The molecule has 84 valence electrons. The first-order valence-corrected chi connectivity index (χ1v) is 5.54. The zero-order valence-electron chi connectivity index (χ0n) is 8.74. The molecule has 0 aliphatic rings. The van der Waals surface area contributed by atoms with Gasteiger partial charge in [-0.15, -0.1) is 0 Å². The van der Waals surface area contributed by atoms with Crippen molar-refractivity contribution < 1.29 is 0 Å². The largest absolute Gasteiger partial charge is 0.384 e. The van der Waals surface area contributed by atoms with Crippen LogP contribution in [0.15, 0.2) is 24.3 Å². The second kappa shape index (κ2) is 4.36. The van der Waals surface area contributed by atoms with E-state index in [9.17, 15) is 0 Å². The minimum atomic E-state index is 0.558. The molecule has 0 aliphatic carbocycles. The number of aromatic nitrogens is 2. The molecular formula is C11H11Cl2N3.